The molecule has 5 aromatic rings. The number of carbonyl (C=O) groups is 1. The number of fused-ring (bicyclic) bond motifs is 2. The van der Waals surface area contributed by atoms with Crippen molar-refractivity contribution < 1.29 is 9.21 Å². The minimum absolute atomic E-state index is 0.0358. The van der Waals surface area contributed by atoms with Crippen LogP contribution in [-0.2, 0) is 13.1 Å². The van der Waals surface area contributed by atoms with E-state index in [9.17, 15) is 9.59 Å². The molecule has 1 amide bonds. The average Bonchev–Trinajstić information content (AvgIpc) is 3.54. The molecule has 0 radical (unpaired) electrons. The van der Waals surface area contributed by atoms with Gasteiger partial charge in [0.2, 0.25) is 0 Å². The molecule has 4 heterocycles. The van der Waals surface area contributed by atoms with Gasteiger partial charge in [-0.1, -0.05) is 35.9 Å². The van der Waals surface area contributed by atoms with Crippen LogP contribution in [0.25, 0.3) is 22.5 Å². The number of aromatic nitrogens is 3. The Hall–Kier alpha value is -4.39. The third kappa shape index (κ3) is 3.16. The van der Waals surface area contributed by atoms with Crippen LogP contribution in [0, 0.1) is 13.8 Å². The molecule has 0 aliphatic carbocycles. The van der Waals surface area contributed by atoms with Crippen molar-refractivity contribution >= 4 is 16.9 Å². The average molecular weight is 450 g/mol. The van der Waals surface area contributed by atoms with Crippen LogP contribution in [-0.4, -0.2) is 25.2 Å². The summed E-state index contributed by atoms with van der Waals surface area (Å²) < 4.78 is 9.35. The summed E-state index contributed by atoms with van der Waals surface area (Å²) in [5.41, 5.74) is 4.97. The van der Waals surface area contributed by atoms with Gasteiger partial charge < -0.3 is 13.9 Å². The number of para-hydroxylation sites is 1. The molecule has 2 aromatic carbocycles. The smallest absolute Gasteiger partial charge is 0.349 e. The molecule has 7 nitrogen and oxygen atoms in total. The van der Waals surface area contributed by atoms with Crippen molar-refractivity contribution in [1.29, 1.82) is 0 Å². The lowest BCUT2D eigenvalue weighted by Crippen LogP contribution is -2.30. The van der Waals surface area contributed by atoms with Gasteiger partial charge in [-0.3, -0.25) is 4.79 Å². The maximum atomic E-state index is 13.3. The van der Waals surface area contributed by atoms with E-state index < -0.39 is 5.63 Å². The summed E-state index contributed by atoms with van der Waals surface area (Å²) in [4.78, 5) is 27.6. The maximum Gasteiger partial charge on any atom is 0.349 e. The summed E-state index contributed by atoms with van der Waals surface area (Å²) in [5, 5.41) is 5.62. The van der Waals surface area contributed by atoms with Crippen LogP contribution in [0.4, 0.5) is 0 Å². The summed E-state index contributed by atoms with van der Waals surface area (Å²) >= 11 is 0. The molecule has 168 valence electrons. The minimum atomic E-state index is -0.626. The molecule has 0 atom stereocenters. The second-order valence-corrected chi connectivity index (χ2v) is 8.69. The van der Waals surface area contributed by atoms with E-state index in [0.29, 0.717) is 18.7 Å². The maximum absolute atomic E-state index is 13.3. The number of hydrogen-bond donors (Lipinski definition) is 0. The lowest BCUT2D eigenvalue weighted by molar-refractivity contribution is 0.0745. The van der Waals surface area contributed by atoms with Crippen molar-refractivity contribution in [3.63, 3.8) is 0 Å². The van der Waals surface area contributed by atoms with Gasteiger partial charge in [0.05, 0.1) is 24.5 Å². The molecule has 1 aliphatic rings. The Morgan fingerprint density at radius 1 is 0.971 bits per heavy atom. The van der Waals surface area contributed by atoms with Crippen molar-refractivity contribution in [2.24, 2.45) is 0 Å². The molecular formula is C27H22N4O3. The number of carbonyl (C=O) groups excluding carboxylic acids is 1. The highest BCUT2D eigenvalue weighted by atomic mass is 16.4. The van der Waals surface area contributed by atoms with E-state index in [4.69, 9.17) is 9.52 Å². The SMILES string of the molecule is Cc1ccc(-n2nc3c(c2-n2cccc2)CN(C(=O)c2cc4ccccc4oc2=O)C3)c(C)c1. The van der Waals surface area contributed by atoms with Crippen LogP contribution >= 0.6 is 0 Å². The Morgan fingerprint density at radius 2 is 1.76 bits per heavy atom. The quantitative estimate of drug-likeness (QED) is 0.378. The van der Waals surface area contributed by atoms with Crippen LogP contribution in [0.1, 0.15) is 32.7 Å². The van der Waals surface area contributed by atoms with Gasteiger partial charge in [0.15, 0.2) is 0 Å². The van der Waals surface area contributed by atoms with E-state index in [0.717, 1.165) is 33.7 Å². The minimum Gasteiger partial charge on any atom is -0.422 e. The molecule has 0 N–H and O–H groups in total. The van der Waals surface area contributed by atoms with Crippen LogP contribution < -0.4 is 5.63 Å². The Morgan fingerprint density at radius 3 is 2.56 bits per heavy atom. The predicted molar refractivity (Wildman–Crippen MR) is 128 cm³/mol. The molecule has 0 bridgehead atoms. The van der Waals surface area contributed by atoms with E-state index in [-0.39, 0.29) is 11.5 Å². The zero-order chi connectivity index (χ0) is 23.4. The Labute approximate surface area is 195 Å². The third-order valence-electron chi connectivity index (χ3n) is 6.32. The van der Waals surface area contributed by atoms with Crippen LogP contribution in [0.5, 0.6) is 0 Å². The van der Waals surface area contributed by atoms with Crippen molar-refractivity contribution in [3.8, 4) is 11.5 Å². The van der Waals surface area contributed by atoms with Crippen molar-refractivity contribution in [2.45, 2.75) is 26.9 Å². The van der Waals surface area contributed by atoms with Gasteiger partial charge in [-0.2, -0.15) is 5.10 Å². The summed E-state index contributed by atoms with van der Waals surface area (Å²) in [6.07, 6.45) is 3.94. The molecule has 0 fully saturated rings. The fourth-order valence-corrected chi connectivity index (χ4v) is 4.68. The van der Waals surface area contributed by atoms with Gasteiger partial charge in [0.25, 0.3) is 5.91 Å². The molecular weight excluding hydrogens is 428 g/mol. The fourth-order valence-electron chi connectivity index (χ4n) is 4.68. The number of nitrogens with zero attached hydrogens (tertiary/aromatic N) is 4. The van der Waals surface area contributed by atoms with Crippen molar-refractivity contribution in [2.75, 3.05) is 0 Å². The number of amides is 1. The number of aryl methyl sites for hydroxylation is 2. The van der Waals surface area contributed by atoms with Gasteiger partial charge in [0.1, 0.15) is 17.0 Å². The largest absolute Gasteiger partial charge is 0.422 e. The van der Waals surface area contributed by atoms with Gasteiger partial charge >= 0.3 is 5.63 Å². The second-order valence-electron chi connectivity index (χ2n) is 8.69. The number of benzene rings is 2. The van der Waals surface area contributed by atoms with Crippen molar-refractivity contribution in [1.82, 2.24) is 19.2 Å². The molecule has 0 saturated heterocycles. The Bertz CT molecular complexity index is 1630. The standard InChI is InChI=1S/C27H22N4O3/c1-17-9-10-23(18(2)13-17)31-25(29-11-5-6-12-29)21-15-30(16-22(21)28-31)26(32)20-14-19-7-3-4-8-24(19)34-27(20)33/h3-14H,15-16H2,1-2H3. The van der Waals surface area contributed by atoms with E-state index in [1.807, 2.05) is 45.9 Å². The molecule has 0 saturated carbocycles. The molecule has 34 heavy (non-hydrogen) atoms. The normalized spacial score (nSPS) is 12.9. The zero-order valence-electron chi connectivity index (χ0n) is 18.9. The Kier molecular flexibility index (Phi) is 4.52. The lowest BCUT2D eigenvalue weighted by atomic mass is 10.1. The first-order valence-electron chi connectivity index (χ1n) is 11.1. The third-order valence-corrected chi connectivity index (χ3v) is 6.32. The second kappa shape index (κ2) is 7.59. The predicted octanol–water partition coefficient (Wildman–Crippen LogP) is 4.54. The first-order chi connectivity index (χ1) is 16.5. The topological polar surface area (TPSA) is 73.3 Å². The molecule has 1 aliphatic heterocycles. The van der Waals surface area contributed by atoms with Crippen LogP contribution in [0.2, 0.25) is 0 Å². The first-order valence-corrected chi connectivity index (χ1v) is 11.1. The lowest BCUT2D eigenvalue weighted by Gasteiger charge is -2.18. The highest BCUT2D eigenvalue weighted by Crippen LogP contribution is 2.32. The zero-order valence-corrected chi connectivity index (χ0v) is 18.9. The molecule has 6 rings (SSSR count). The fraction of sp³-hybridized carbons (Fsp3) is 0.148. The number of rotatable bonds is 3. The van der Waals surface area contributed by atoms with Crippen LogP contribution in [0.3, 0.4) is 0 Å². The molecule has 3 aromatic heterocycles. The van der Waals surface area contributed by atoms with E-state index in [2.05, 4.69) is 32.0 Å². The van der Waals surface area contributed by atoms with Crippen LogP contribution in [0.15, 0.2) is 82.3 Å². The summed E-state index contributed by atoms with van der Waals surface area (Å²) in [6.45, 7) is 4.83. The van der Waals surface area contributed by atoms with Crippen molar-refractivity contribution in [3.05, 3.63) is 111 Å². The molecule has 0 spiro atoms. The van der Waals surface area contributed by atoms with Gasteiger partial charge in [0, 0.05) is 23.3 Å². The summed E-state index contributed by atoms with van der Waals surface area (Å²) in [7, 11) is 0. The van der Waals surface area contributed by atoms with Gasteiger partial charge in [-0.15, -0.1) is 0 Å². The Balaban J connectivity index is 1.41. The van der Waals surface area contributed by atoms with E-state index in [1.165, 1.54) is 5.56 Å². The van der Waals surface area contributed by atoms with E-state index >= 15 is 0 Å². The first kappa shape index (κ1) is 20.2. The molecule has 0 unspecified atom stereocenters. The summed E-state index contributed by atoms with van der Waals surface area (Å²) in [6, 6.07) is 19.0. The van der Waals surface area contributed by atoms with E-state index in [1.54, 1.807) is 23.1 Å². The van der Waals surface area contributed by atoms with Gasteiger partial charge in [-0.05, 0) is 49.7 Å². The number of hydrogen-bond acceptors (Lipinski definition) is 4. The monoisotopic (exact) mass is 450 g/mol. The summed E-state index contributed by atoms with van der Waals surface area (Å²) in [5.74, 6) is 0.543. The highest BCUT2D eigenvalue weighted by Gasteiger charge is 2.33. The van der Waals surface area contributed by atoms with Gasteiger partial charge in [-0.25, -0.2) is 9.48 Å². The molecule has 7 heteroatoms. The highest BCUT2D eigenvalue weighted by molar-refractivity contribution is 5.97.